The number of allylic oxidation sites excluding steroid dienone is 2. The number of pyridine rings is 1. The van der Waals surface area contributed by atoms with E-state index in [9.17, 15) is 14.7 Å². The van der Waals surface area contributed by atoms with Crippen LogP contribution in [0.1, 0.15) is 82.4 Å². The number of aromatic hydroxyl groups is 1. The fraction of sp³-hybridized carbons (Fsp3) is 0.500. The van der Waals surface area contributed by atoms with Gasteiger partial charge in [0.1, 0.15) is 5.75 Å². The molecule has 2 aromatic rings. The van der Waals surface area contributed by atoms with E-state index in [2.05, 4.69) is 11.9 Å². The Bertz CT molecular complexity index is 1310. The molecule has 0 radical (unpaired) electrons. The highest BCUT2D eigenvalue weighted by Gasteiger charge is 2.57. The Hall–Kier alpha value is -3.25. The first-order chi connectivity index (χ1) is 19.6. The Morgan fingerprint density at radius 2 is 1.85 bits per heavy atom. The van der Waals surface area contributed by atoms with Crippen LogP contribution in [-0.2, 0) is 14.3 Å². The fourth-order valence-electron chi connectivity index (χ4n) is 7.65. The molecule has 1 aromatic carbocycles. The Labute approximate surface area is 237 Å². The third kappa shape index (κ3) is 5.03. The van der Waals surface area contributed by atoms with Crippen LogP contribution in [0.25, 0.3) is 11.6 Å². The highest BCUT2D eigenvalue weighted by molar-refractivity contribution is 6.06. The number of rotatable bonds is 8. The van der Waals surface area contributed by atoms with Crippen molar-refractivity contribution in [1.82, 2.24) is 9.88 Å². The molecule has 0 unspecified atom stereocenters. The topological polar surface area (TPSA) is 79.7 Å². The number of nitrogens with zero attached hydrogens (tertiary/aromatic N) is 2. The van der Waals surface area contributed by atoms with Crippen LogP contribution in [-0.4, -0.2) is 45.6 Å². The number of fused-ring (bicyclic) bond motifs is 3. The van der Waals surface area contributed by atoms with Gasteiger partial charge >= 0.3 is 0 Å². The summed E-state index contributed by atoms with van der Waals surface area (Å²) in [6.07, 6.45) is 13.2. The lowest BCUT2D eigenvalue weighted by Gasteiger charge is -2.32. The number of phenolic OH excluding ortho intramolecular Hbond substituents is 1. The molecule has 3 fully saturated rings. The van der Waals surface area contributed by atoms with Crippen LogP contribution >= 0.6 is 0 Å². The summed E-state index contributed by atoms with van der Waals surface area (Å²) in [6, 6.07) is 13.3. The first kappa shape index (κ1) is 26.9. The first-order valence-corrected chi connectivity index (χ1v) is 15.2. The number of hydrogen-bond donors (Lipinski definition) is 1. The average molecular weight is 541 g/mol. The summed E-state index contributed by atoms with van der Waals surface area (Å²) < 4.78 is 6.47. The van der Waals surface area contributed by atoms with Crippen molar-refractivity contribution in [2.45, 2.75) is 83.3 Å². The second-order valence-corrected chi connectivity index (χ2v) is 11.9. The zero-order valence-electron chi connectivity index (χ0n) is 23.4. The Morgan fingerprint density at radius 3 is 2.60 bits per heavy atom. The molecule has 1 N–H and O–H groups in total. The average Bonchev–Trinajstić information content (AvgIpc) is 3.51. The number of aromatic nitrogens is 1. The monoisotopic (exact) mass is 540 g/mol. The number of likely N-dealkylation sites (tertiary alicyclic amines) is 1. The molecule has 6 heteroatoms. The number of para-hydroxylation sites is 1. The normalized spacial score (nSPS) is 27.3. The van der Waals surface area contributed by atoms with Crippen LogP contribution in [0.4, 0.5) is 0 Å². The van der Waals surface area contributed by atoms with Crippen molar-refractivity contribution >= 4 is 23.5 Å². The van der Waals surface area contributed by atoms with E-state index in [0.29, 0.717) is 13.0 Å². The lowest BCUT2D eigenvalue weighted by Crippen LogP contribution is -2.42. The summed E-state index contributed by atoms with van der Waals surface area (Å²) >= 11 is 0. The molecule has 0 bridgehead atoms. The summed E-state index contributed by atoms with van der Waals surface area (Å²) in [6.45, 7) is 2.69. The smallest absolute Gasteiger partial charge is 0.234 e. The van der Waals surface area contributed by atoms with Crippen LogP contribution in [0.2, 0.25) is 0 Å². The minimum Gasteiger partial charge on any atom is -0.507 e. The summed E-state index contributed by atoms with van der Waals surface area (Å²) in [4.78, 5) is 33.8. The molecule has 40 heavy (non-hydrogen) atoms. The SMILES string of the molecule is CCCC1=C2[C@@H](CC/C(=C/c3ccccc3O)c3ccccn3)OC[C@@H]2[C@@H]2C(=O)N(C3CCCCC3)C(=O)[C@@H]2C1. The lowest BCUT2D eigenvalue weighted by molar-refractivity contribution is -0.143. The van der Waals surface area contributed by atoms with Gasteiger partial charge in [0.25, 0.3) is 0 Å². The molecule has 210 valence electrons. The molecule has 1 aromatic heterocycles. The lowest BCUT2D eigenvalue weighted by atomic mass is 9.68. The maximum absolute atomic E-state index is 13.8. The standard InChI is InChI=1S/C34H40N2O4/c1-2-10-24-20-26-32(34(39)36(33(26)38)25-12-4-3-5-13-25)27-21-40-30(31(24)27)17-16-22(28-14-8-9-18-35-28)19-23-11-6-7-15-29(23)37/h6-9,11,14-15,18-19,25-27,30,32,37H,2-5,10,12-13,16-17,20-21H2,1H3/b22-19-/t26-,27+,30-,32-/m1/s1. The minimum absolute atomic E-state index is 0.00390. The van der Waals surface area contributed by atoms with Crippen LogP contribution < -0.4 is 0 Å². The number of ether oxygens (including phenoxy) is 1. The van der Waals surface area contributed by atoms with E-state index < -0.39 is 0 Å². The number of phenols is 1. The maximum atomic E-state index is 13.8. The summed E-state index contributed by atoms with van der Waals surface area (Å²) in [5, 5.41) is 10.4. The van der Waals surface area contributed by atoms with Crippen molar-refractivity contribution in [3.8, 4) is 5.75 Å². The number of hydrogen-bond acceptors (Lipinski definition) is 5. The highest BCUT2D eigenvalue weighted by atomic mass is 16.5. The van der Waals surface area contributed by atoms with Gasteiger partial charge in [0.05, 0.1) is 30.2 Å². The summed E-state index contributed by atoms with van der Waals surface area (Å²) in [5.74, 6) is -0.139. The second kappa shape index (κ2) is 11.7. The zero-order chi connectivity index (χ0) is 27.6. The summed E-state index contributed by atoms with van der Waals surface area (Å²) in [7, 11) is 0. The van der Waals surface area contributed by atoms with E-state index in [1.54, 1.807) is 17.2 Å². The Morgan fingerprint density at radius 1 is 1.05 bits per heavy atom. The largest absolute Gasteiger partial charge is 0.507 e. The van der Waals surface area contributed by atoms with Crippen molar-refractivity contribution < 1.29 is 19.4 Å². The van der Waals surface area contributed by atoms with Gasteiger partial charge in [-0.15, -0.1) is 0 Å². The van der Waals surface area contributed by atoms with Gasteiger partial charge in [0.15, 0.2) is 0 Å². The van der Waals surface area contributed by atoms with E-state index in [1.165, 1.54) is 17.6 Å². The Balaban J connectivity index is 1.26. The van der Waals surface area contributed by atoms with Gasteiger partial charge in [-0.3, -0.25) is 19.5 Å². The van der Waals surface area contributed by atoms with Gasteiger partial charge in [0, 0.05) is 23.7 Å². The van der Waals surface area contributed by atoms with Crippen LogP contribution in [0.15, 0.2) is 59.8 Å². The molecular weight excluding hydrogens is 500 g/mol. The van der Waals surface area contributed by atoms with Gasteiger partial charge in [-0.2, -0.15) is 0 Å². The molecule has 6 rings (SSSR count). The number of carbonyl (C=O) groups excluding carboxylic acids is 2. The van der Waals surface area contributed by atoms with Crippen LogP contribution in [0, 0.1) is 17.8 Å². The maximum Gasteiger partial charge on any atom is 0.234 e. The zero-order valence-corrected chi connectivity index (χ0v) is 23.4. The number of amides is 2. The molecule has 4 atom stereocenters. The molecule has 2 amide bonds. The predicted octanol–water partition coefficient (Wildman–Crippen LogP) is 6.56. The molecule has 1 saturated carbocycles. The molecule has 6 nitrogen and oxygen atoms in total. The van der Waals surface area contributed by atoms with E-state index >= 15 is 0 Å². The molecule has 3 heterocycles. The van der Waals surface area contributed by atoms with Crippen molar-refractivity contribution in [3.63, 3.8) is 0 Å². The van der Waals surface area contributed by atoms with Crippen molar-refractivity contribution in [2.24, 2.45) is 17.8 Å². The predicted molar refractivity (Wildman–Crippen MR) is 155 cm³/mol. The molecule has 0 spiro atoms. The molecule has 2 saturated heterocycles. The third-order valence-electron chi connectivity index (χ3n) is 9.47. The van der Waals surface area contributed by atoms with Gasteiger partial charge in [0.2, 0.25) is 11.8 Å². The number of carbonyl (C=O) groups is 2. The van der Waals surface area contributed by atoms with E-state index in [4.69, 9.17) is 4.74 Å². The molecule has 2 aliphatic carbocycles. The molecule has 2 aliphatic heterocycles. The minimum atomic E-state index is -0.276. The van der Waals surface area contributed by atoms with Gasteiger partial charge < -0.3 is 9.84 Å². The number of imide groups is 1. The van der Waals surface area contributed by atoms with Crippen LogP contribution in [0.5, 0.6) is 5.75 Å². The van der Waals surface area contributed by atoms with Crippen molar-refractivity contribution in [3.05, 3.63) is 71.1 Å². The van der Waals surface area contributed by atoms with Crippen LogP contribution in [0.3, 0.4) is 0 Å². The number of benzene rings is 1. The molecular formula is C34H40N2O4. The van der Waals surface area contributed by atoms with Gasteiger partial charge in [-0.25, -0.2) is 0 Å². The third-order valence-corrected chi connectivity index (χ3v) is 9.47. The highest BCUT2D eigenvalue weighted by Crippen LogP contribution is 2.51. The summed E-state index contributed by atoms with van der Waals surface area (Å²) in [5.41, 5.74) is 5.31. The van der Waals surface area contributed by atoms with Gasteiger partial charge in [-0.1, -0.05) is 62.4 Å². The van der Waals surface area contributed by atoms with E-state index in [0.717, 1.165) is 68.2 Å². The van der Waals surface area contributed by atoms with Gasteiger partial charge in [-0.05, 0) is 73.9 Å². The Kier molecular flexibility index (Phi) is 7.88. The van der Waals surface area contributed by atoms with Crippen molar-refractivity contribution in [1.29, 1.82) is 0 Å². The van der Waals surface area contributed by atoms with E-state index in [-0.39, 0.29) is 47.5 Å². The van der Waals surface area contributed by atoms with Crippen molar-refractivity contribution in [2.75, 3.05) is 6.61 Å². The molecule has 4 aliphatic rings. The quantitative estimate of drug-likeness (QED) is 0.303. The fourth-order valence-corrected chi connectivity index (χ4v) is 7.65. The van der Waals surface area contributed by atoms with E-state index in [1.807, 2.05) is 42.5 Å². The second-order valence-electron chi connectivity index (χ2n) is 11.9. The first-order valence-electron chi connectivity index (χ1n) is 15.2.